The van der Waals surface area contributed by atoms with Crippen LogP contribution in [0, 0.1) is 20.8 Å². The van der Waals surface area contributed by atoms with Crippen LogP contribution in [0.1, 0.15) is 22.3 Å². The van der Waals surface area contributed by atoms with Crippen molar-refractivity contribution in [3.05, 3.63) is 83.0 Å². The molecule has 4 aromatic rings. The maximum Gasteiger partial charge on any atom is 0.244 e. The van der Waals surface area contributed by atoms with Crippen molar-refractivity contribution < 1.29 is 4.79 Å². The number of nitrogens with one attached hydrogen (secondary N) is 1. The summed E-state index contributed by atoms with van der Waals surface area (Å²) >= 11 is 1.62. The quantitative estimate of drug-likeness (QED) is 0.434. The van der Waals surface area contributed by atoms with Crippen LogP contribution in [0.4, 0.5) is 5.69 Å². The molecule has 0 spiro atoms. The van der Waals surface area contributed by atoms with Crippen LogP contribution < -0.4 is 5.32 Å². The van der Waals surface area contributed by atoms with Gasteiger partial charge < -0.3 is 5.32 Å². The van der Waals surface area contributed by atoms with Gasteiger partial charge in [0.25, 0.3) is 0 Å². The highest BCUT2D eigenvalue weighted by atomic mass is 32.2. The molecule has 0 aliphatic heterocycles. The number of amides is 1. The zero-order chi connectivity index (χ0) is 21.1. The lowest BCUT2D eigenvalue weighted by Gasteiger charge is -2.10. The number of rotatable bonds is 6. The Hall–Kier alpha value is -3.12. The second kappa shape index (κ2) is 8.71. The third-order valence-corrected chi connectivity index (χ3v) is 5.81. The van der Waals surface area contributed by atoms with E-state index in [9.17, 15) is 4.79 Å². The number of thioether (sulfide) groups is 1. The first kappa shape index (κ1) is 20.2. The Bertz CT molecular complexity index is 1180. The van der Waals surface area contributed by atoms with Crippen molar-refractivity contribution >= 4 is 34.5 Å². The lowest BCUT2D eigenvalue weighted by atomic mass is 10.1. The lowest BCUT2D eigenvalue weighted by Crippen LogP contribution is -2.19. The Morgan fingerprint density at radius 1 is 1.00 bits per heavy atom. The fraction of sp³-hybridized carbons (Fsp3) is 0.208. The molecule has 0 fully saturated rings. The summed E-state index contributed by atoms with van der Waals surface area (Å²) in [5.41, 5.74) is 7.02. The number of carbonyl (C=O) groups excluding carboxylic acids is 1. The van der Waals surface area contributed by atoms with Crippen molar-refractivity contribution in [3.63, 3.8) is 0 Å². The molecule has 5 nitrogen and oxygen atoms in total. The standard InChI is InChI=1S/C24H24N4OS/c1-16-6-8-19(9-7-16)15-30-24-27-21-5-4-10-25-23(21)28(24)14-22(29)26-20-12-17(2)11-18(3)13-20/h4-13H,14-15H2,1-3H3,(H,26,29). The predicted molar refractivity (Wildman–Crippen MR) is 123 cm³/mol. The molecule has 0 saturated carbocycles. The average molecular weight is 417 g/mol. The molecule has 0 radical (unpaired) electrons. The van der Waals surface area contributed by atoms with E-state index in [4.69, 9.17) is 4.98 Å². The summed E-state index contributed by atoms with van der Waals surface area (Å²) < 4.78 is 1.90. The SMILES string of the molecule is Cc1ccc(CSc2nc3cccnc3n2CC(=O)Nc2cc(C)cc(C)c2)cc1. The minimum atomic E-state index is -0.0952. The average Bonchev–Trinajstić information content (AvgIpc) is 3.04. The van der Waals surface area contributed by atoms with Gasteiger partial charge in [0.05, 0.1) is 0 Å². The maximum absolute atomic E-state index is 12.8. The monoisotopic (exact) mass is 416 g/mol. The van der Waals surface area contributed by atoms with E-state index in [1.165, 1.54) is 11.1 Å². The topological polar surface area (TPSA) is 59.8 Å². The Kier molecular flexibility index (Phi) is 5.86. The second-order valence-corrected chi connectivity index (χ2v) is 8.47. The smallest absolute Gasteiger partial charge is 0.244 e. The van der Waals surface area contributed by atoms with Gasteiger partial charge >= 0.3 is 0 Å². The van der Waals surface area contributed by atoms with Crippen molar-refractivity contribution in [1.82, 2.24) is 14.5 Å². The molecule has 2 aromatic carbocycles. The zero-order valence-electron chi connectivity index (χ0n) is 17.3. The number of pyridine rings is 1. The molecule has 1 amide bonds. The van der Waals surface area contributed by atoms with Crippen LogP contribution in [-0.4, -0.2) is 20.4 Å². The molecule has 0 unspecified atom stereocenters. The third-order valence-electron chi connectivity index (χ3n) is 4.76. The summed E-state index contributed by atoms with van der Waals surface area (Å²) in [4.78, 5) is 22.0. The molecular weight excluding hydrogens is 392 g/mol. The minimum Gasteiger partial charge on any atom is -0.325 e. The molecule has 4 rings (SSSR count). The van der Waals surface area contributed by atoms with Gasteiger partial charge in [-0.25, -0.2) is 9.97 Å². The van der Waals surface area contributed by atoms with Crippen LogP contribution >= 0.6 is 11.8 Å². The molecule has 0 aliphatic rings. The van der Waals surface area contributed by atoms with Gasteiger partial charge in [-0.3, -0.25) is 9.36 Å². The second-order valence-electron chi connectivity index (χ2n) is 7.53. The van der Waals surface area contributed by atoms with Crippen molar-refractivity contribution in [3.8, 4) is 0 Å². The molecular formula is C24H24N4OS. The van der Waals surface area contributed by atoms with Gasteiger partial charge in [-0.2, -0.15) is 0 Å². The van der Waals surface area contributed by atoms with Gasteiger partial charge in [-0.1, -0.05) is 47.7 Å². The highest BCUT2D eigenvalue weighted by Gasteiger charge is 2.15. The molecule has 2 heterocycles. The largest absolute Gasteiger partial charge is 0.325 e. The van der Waals surface area contributed by atoms with E-state index >= 15 is 0 Å². The molecule has 152 valence electrons. The number of aryl methyl sites for hydroxylation is 3. The van der Waals surface area contributed by atoms with Crippen molar-refractivity contribution in [2.75, 3.05) is 5.32 Å². The van der Waals surface area contributed by atoms with Gasteiger partial charge in [0.1, 0.15) is 12.1 Å². The first-order chi connectivity index (χ1) is 14.5. The Morgan fingerprint density at radius 3 is 2.47 bits per heavy atom. The number of carbonyl (C=O) groups is 1. The molecule has 6 heteroatoms. The van der Waals surface area contributed by atoms with Crippen molar-refractivity contribution in [2.24, 2.45) is 0 Å². The number of imidazole rings is 1. The van der Waals surface area contributed by atoms with E-state index < -0.39 is 0 Å². The van der Waals surface area contributed by atoms with Gasteiger partial charge in [-0.05, 0) is 61.7 Å². The molecule has 0 aliphatic carbocycles. The van der Waals surface area contributed by atoms with Crippen molar-refractivity contribution in [2.45, 2.75) is 38.2 Å². The summed E-state index contributed by atoms with van der Waals surface area (Å²) in [6.45, 7) is 6.29. The molecule has 30 heavy (non-hydrogen) atoms. The predicted octanol–water partition coefficient (Wildman–Crippen LogP) is 5.29. The molecule has 0 bridgehead atoms. The van der Waals surface area contributed by atoms with Gasteiger partial charge in [0, 0.05) is 17.6 Å². The molecule has 1 N–H and O–H groups in total. The third kappa shape index (κ3) is 4.71. The first-order valence-electron chi connectivity index (χ1n) is 9.86. The summed E-state index contributed by atoms with van der Waals surface area (Å²) in [5, 5.41) is 3.80. The fourth-order valence-electron chi connectivity index (χ4n) is 3.41. The van der Waals surface area contributed by atoms with E-state index in [2.05, 4.69) is 47.6 Å². The van der Waals surface area contributed by atoms with E-state index in [1.807, 2.05) is 42.7 Å². The number of hydrogen-bond acceptors (Lipinski definition) is 4. The normalized spacial score (nSPS) is 11.0. The molecule has 0 atom stereocenters. The highest BCUT2D eigenvalue weighted by molar-refractivity contribution is 7.98. The van der Waals surface area contributed by atoms with Gasteiger partial charge in [-0.15, -0.1) is 0 Å². The van der Waals surface area contributed by atoms with E-state index in [0.717, 1.165) is 38.9 Å². The summed E-state index contributed by atoms with van der Waals surface area (Å²) in [5.74, 6) is 0.685. The summed E-state index contributed by atoms with van der Waals surface area (Å²) in [6.07, 6.45) is 1.73. The van der Waals surface area contributed by atoms with Gasteiger partial charge in [0.2, 0.25) is 5.91 Å². The van der Waals surface area contributed by atoms with E-state index in [-0.39, 0.29) is 12.5 Å². The number of fused-ring (bicyclic) bond motifs is 1. The number of benzene rings is 2. The molecule has 2 aromatic heterocycles. The Morgan fingerprint density at radius 2 is 1.73 bits per heavy atom. The highest BCUT2D eigenvalue weighted by Crippen LogP contribution is 2.26. The minimum absolute atomic E-state index is 0.0952. The van der Waals surface area contributed by atoms with E-state index in [0.29, 0.717) is 0 Å². The van der Waals surface area contributed by atoms with Gasteiger partial charge in [0.15, 0.2) is 10.8 Å². The van der Waals surface area contributed by atoms with Crippen LogP contribution in [0.5, 0.6) is 0 Å². The van der Waals surface area contributed by atoms with Crippen LogP contribution in [0.15, 0.2) is 66.0 Å². The van der Waals surface area contributed by atoms with Crippen LogP contribution in [0.25, 0.3) is 11.2 Å². The van der Waals surface area contributed by atoms with E-state index in [1.54, 1.807) is 18.0 Å². The summed E-state index contributed by atoms with van der Waals surface area (Å²) in [7, 11) is 0. The van der Waals surface area contributed by atoms with Crippen LogP contribution in [-0.2, 0) is 17.1 Å². The number of hydrogen-bond donors (Lipinski definition) is 1. The molecule has 0 saturated heterocycles. The van der Waals surface area contributed by atoms with Crippen LogP contribution in [0.2, 0.25) is 0 Å². The zero-order valence-corrected chi connectivity index (χ0v) is 18.2. The van der Waals surface area contributed by atoms with Crippen LogP contribution in [0.3, 0.4) is 0 Å². The number of aromatic nitrogens is 3. The first-order valence-corrected chi connectivity index (χ1v) is 10.8. The maximum atomic E-state index is 12.8. The lowest BCUT2D eigenvalue weighted by molar-refractivity contribution is -0.116. The Balaban J connectivity index is 1.56. The van der Waals surface area contributed by atoms with Crippen molar-refractivity contribution in [1.29, 1.82) is 0 Å². The number of nitrogens with zero attached hydrogens (tertiary/aromatic N) is 3. The number of anilines is 1. The summed E-state index contributed by atoms with van der Waals surface area (Å²) in [6, 6.07) is 18.3. The fourth-order valence-corrected chi connectivity index (χ4v) is 4.37. The Labute approximate surface area is 180 Å².